The van der Waals surface area contributed by atoms with Crippen LogP contribution in [0.3, 0.4) is 0 Å². The number of hydrogen-bond acceptors (Lipinski definition) is 8. The molecule has 0 bridgehead atoms. The minimum atomic E-state index is -0.662. The average molecular weight is 525 g/mol. The molecule has 2 aromatic rings. The number of anilines is 2. The number of piperidine rings is 1. The van der Waals surface area contributed by atoms with E-state index in [1.54, 1.807) is 12.1 Å². The molecule has 0 saturated carbocycles. The number of rotatable bonds is 6. The second kappa shape index (κ2) is 11.2. The van der Waals surface area contributed by atoms with Gasteiger partial charge in [-0.3, -0.25) is 9.80 Å². The molecule has 2 saturated heterocycles. The predicted molar refractivity (Wildman–Crippen MR) is 136 cm³/mol. The van der Waals surface area contributed by atoms with Gasteiger partial charge in [-0.1, -0.05) is 36.2 Å². The second-order valence-corrected chi connectivity index (χ2v) is 9.85. The lowest BCUT2D eigenvalue weighted by Crippen LogP contribution is -2.58. The van der Waals surface area contributed by atoms with E-state index in [4.69, 9.17) is 33.7 Å². The van der Waals surface area contributed by atoms with Crippen LogP contribution in [-0.2, 0) is 11.3 Å². The SMILES string of the molecule is CC[C@H]1CN(c2nc(N)c(C(=O)OC)nc2Cl)CCN1C1CCN(Cc2ccc(Cl)cc2F)CC1. The Labute approximate surface area is 215 Å². The fourth-order valence-corrected chi connectivity index (χ4v) is 5.48. The molecular weight excluding hydrogens is 494 g/mol. The summed E-state index contributed by atoms with van der Waals surface area (Å²) in [4.78, 5) is 27.3. The summed E-state index contributed by atoms with van der Waals surface area (Å²) in [5.74, 6) is -0.403. The van der Waals surface area contributed by atoms with Crippen LogP contribution in [0.1, 0.15) is 42.2 Å². The van der Waals surface area contributed by atoms with Gasteiger partial charge >= 0.3 is 5.97 Å². The molecule has 0 spiro atoms. The van der Waals surface area contributed by atoms with Gasteiger partial charge in [0.25, 0.3) is 0 Å². The first-order chi connectivity index (χ1) is 16.8. The lowest BCUT2D eigenvalue weighted by Gasteiger charge is -2.47. The molecule has 2 aliphatic heterocycles. The van der Waals surface area contributed by atoms with Crippen LogP contribution in [0.15, 0.2) is 18.2 Å². The summed E-state index contributed by atoms with van der Waals surface area (Å²) in [6.07, 6.45) is 3.05. The molecule has 4 rings (SSSR count). The summed E-state index contributed by atoms with van der Waals surface area (Å²) in [6.45, 7) is 6.97. The smallest absolute Gasteiger partial charge is 0.360 e. The van der Waals surface area contributed by atoms with Crippen molar-refractivity contribution in [3.8, 4) is 0 Å². The number of nitrogens with zero attached hydrogens (tertiary/aromatic N) is 5. The van der Waals surface area contributed by atoms with Crippen molar-refractivity contribution in [2.45, 2.75) is 44.8 Å². The topological polar surface area (TPSA) is 87.8 Å². The number of carbonyl (C=O) groups excluding carboxylic acids is 1. The average Bonchev–Trinajstić information content (AvgIpc) is 2.86. The van der Waals surface area contributed by atoms with Gasteiger partial charge in [-0.15, -0.1) is 0 Å². The molecule has 1 aromatic heterocycles. The molecule has 1 atom stereocenters. The Morgan fingerprint density at radius 1 is 1.20 bits per heavy atom. The number of likely N-dealkylation sites (tertiary alicyclic amines) is 1. The van der Waals surface area contributed by atoms with Crippen molar-refractivity contribution in [2.24, 2.45) is 0 Å². The largest absolute Gasteiger partial charge is 0.464 e. The van der Waals surface area contributed by atoms with E-state index in [1.165, 1.54) is 13.2 Å². The number of ether oxygens (including phenoxy) is 1. The Kier molecular flexibility index (Phi) is 8.31. The number of nitrogen functional groups attached to an aromatic ring is 1. The molecular formula is C24H31Cl2FN6O2. The fraction of sp³-hybridized carbons (Fsp3) is 0.542. The highest BCUT2D eigenvalue weighted by atomic mass is 35.5. The Hall–Kier alpha value is -2.20. The molecule has 190 valence electrons. The number of methoxy groups -OCH3 is 1. The van der Waals surface area contributed by atoms with Gasteiger partial charge in [0, 0.05) is 48.8 Å². The minimum Gasteiger partial charge on any atom is -0.464 e. The first kappa shape index (κ1) is 25.9. The lowest BCUT2D eigenvalue weighted by molar-refractivity contribution is 0.0593. The summed E-state index contributed by atoms with van der Waals surface area (Å²) in [7, 11) is 1.26. The number of aromatic nitrogens is 2. The van der Waals surface area contributed by atoms with Crippen LogP contribution >= 0.6 is 23.2 Å². The maximum Gasteiger partial charge on any atom is 0.360 e. The van der Waals surface area contributed by atoms with Crippen LogP contribution in [0.4, 0.5) is 16.0 Å². The zero-order valence-electron chi connectivity index (χ0n) is 20.0. The second-order valence-electron chi connectivity index (χ2n) is 9.05. The highest BCUT2D eigenvalue weighted by molar-refractivity contribution is 6.32. The number of carbonyl (C=O) groups is 1. The number of nitrogens with two attached hydrogens (primary N) is 1. The molecule has 8 nitrogen and oxygen atoms in total. The third-order valence-corrected chi connectivity index (χ3v) is 7.47. The summed E-state index contributed by atoms with van der Waals surface area (Å²) >= 11 is 12.3. The van der Waals surface area contributed by atoms with Crippen LogP contribution in [0.25, 0.3) is 0 Å². The quantitative estimate of drug-likeness (QED) is 0.570. The number of halogens is 3. The van der Waals surface area contributed by atoms with Gasteiger partial charge in [0.2, 0.25) is 0 Å². The van der Waals surface area contributed by atoms with Crippen molar-refractivity contribution < 1.29 is 13.9 Å². The maximum atomic E-state index is 14.2. The van der Waals surface area contributed by atoms with Crippen LogP contribution < -0.4 is 10.6 Å². The zero-order chi connectivity index (χ0) is 25.1. The summed E-state index contributed by atoms with van der Waals surface area (Å²) in [6, 6.07) is 5.69. The molecule has 2 aliphatic rings. The Balaban J connectivity index is 1.37. The molecule has 2 N–H and O–H groups in total. The van der Waals surface area contributed by atoms with E-state index in [-0.39, 0.29) is 22.5 Å². The standard InChI is InChI=1S/C24H31Cl2FN6O2/c1-3-17-14-32(23-21(26)29-20(22(28)30-23)24(34)35-2)10-11-33(17)18-6-8-31(9-7-18)13-15-4-5-16(25)12-19(15)27/h4-5,12,17-18H,3,6-11,13-14H2,1-2H3,(H2,28,30)/t17-/m0/s1. The number of hydrogen-bond donors (Lipinski definition) is 1. The van der Waals surface area contributed by atoms with Crippen molar-refractivity contribution >= 4 is 40.8 Å². The Morgan fingerprint density at radius 2 is 1.94 bits per heavy atom. The molecule has 2 fully saturated rings. The third kappa shape index (κ3) is 5.80. The van der Waals surface area contributed by atoms with Gasteiger partial charge in [-0.05, 0) is 44.5 Å². The number of benzene rings is 1. The van der Waals surface area contributed by atoms with E-state index in [1.807, 2.05) is 0 Å². The zero-order valence-corrected chi connectivity index (χ0v) is 21.5. The number of esters is 1. The van der Waals surface area contributed by atoms with E-state index in [9.17, 15) is 9.18 Å². The fourth-order valence-electron chi connectivity index (χ4n) is 5.07. The number of piperazine rings is 1. The predicted octanol–water partition coefficient (Wildman–Crippen LogP) is 3.86. The van der Waals surface area contributed by atoms with Crippen molar-refractivity contribution in [2.75, 3.05) is 50.5 Å². The van der Waals surface area contributed by atoms with Crippen molar-refractivity contribution in [1.29, 1.82) is 0 Å². The van der Waals surface area contributed by atoms with Crippen molar-refractivity contribution in [1.82, 2.24) is 19.8 Å². The van der Waals surface area contributed by atoms with Gasteiger partial charge in [0.15, 0.2) is 22.5 Å². The first-order valence-electron chi connectivity index (χ1n) is 11.9. The van der Waals surface area contributed by atoms with Crippen molar-refractivity contribution in [3.05, 3.63) is 45.4 Å². The van der Waals surface area contributed by atoms with Crippen LogP contribution in [0, 0.1) is 5.82 Å². The van der Waals surface area contributed by atoms with Gasteiger partial charge in [-0.25, -0.2) is 19.2 Å². The normalized spacial score (nSPS) is 20.3. The summed E-state index contributed by atoms with van der Waals surface area (Å²) in [5.41, 5.74) is 6.58. The molecule has 0 radical (unpaired) electrons. The van der Waals surface area contributed by atoms with Crippen molar-refractivity contribution in [3.63, 3.8) is 0 Å². The molecule has 0 aliphatic carbocycles. The molecule has 11 heteroatoms. The summed E-state index contributed by atoms with van der Waals surface area (Å²) < 4.78 is 18.9. The lowest BCUT2D eigenvalue weighted by atomic mass is 9.98. The maximum absolute atomic E-state index is 14.2. The van der Waals surface area contributed by atoms with E-state index >= 15 is 0 Å². The first-order valence-corrected chi connectivity index (χ1v) is 12.6. The van der Waals surface area contributed by atoms with Crippen LogP contribution in [0.2, 0.25) is 10.2 Å². The highest BCUT2D eigenvalue weighted by Crippen LogP contribution is 2.30. The van der Waals surface area contributed by atoms with E-state index in [2.05, 4.69) is 31.6 Å². The Bertz CT molecular complexity index is 1070. The highest BCUT2D eigenvalue weighted by Gasteiger charge is 2.34. The van der Waals surface area contributed by atoms with Crippen LogP contribution in [0.5, 0.6) is 0 Å². The van der Waals surface area contributed by atoms with Gasteiger partial charge < -0.3 is 15.4 Å². The third-order valence-electron chi connectivity index (χ3n) is 6.98. The molecule has 35 heavy (non-hydrogen) atoms. The van der Waals surface area contributed by atoms with E-state index < -0.39 is 5.97 Å². The molecule has 1 aromatic carbocycles. The monoisotopic (exact) mass is 524 g/mol. The molecule has 0 unspecified atom stereocenters. The molecule has 3 heterocycles. The molecule has 0 amide bonds. The van der Waals surface area contributed by atoms with Gasteiger partial charge in [0.05, 0.1) is 7.11 Å². The van der Waals surface area contributed by atoms with E-state index in [0.717, 1.165) is 52.0 Å². The van der Waals surface area contributed by atoms with E-state index in [0.29, 0.717) is 35.0 Å². The summed E-state index contributed by atoms with van der Waals surface area (Å²) in [5, 5.41) is 0.565. The van der Waals surface area contributed by atoms with Gasteiger partial charge in [-0.2, -0.15) is 0 Å². The minimum absolute atomic E-state index is 0.0104. The van der Waals surface area contributed by atoms with Gasteiger partial charge in [0.1, 0.15) is 5.82 Å². The Morgan fingerprint density at radius 3 is 2.60 bits per heavy atom. The van der Waals surface area contributed by atoms with Crippen LogP contribution in [-0.4, -0.2) is 77.7 Å².